The molecule has 2 aromatic rings. The Hall–Kier alpha value is -3.09. The fourth-order valence-electron chi connectivity index (χ4n) is 3.14. The molecule has 1 saturated heterocycles. The van der Waals surface area contributed by atoms with Gasteiger partial charge in [-0.15, -0.1) is 0 Å². The third kappa shape index (κ3) is 4.42. The summed E-state index contributed by atoms with van der Waals surface area (Å²) in [6, 6.07) is 9.71. The number of amides is 3. The van der Waals surface area contributed by atoms with Crippen molar-refractivity contribution in [2.75, 3.05) is 0 Å². The smallest absolute Gasteiger partial charge is 0.251 e. The molecule has 0 spiro atoms. The predicted molar refractivity (Wildman–Crippen MR) is 98.2 cm³/mol. The molecule has 0 radical (unpaired) electrons. The quantitative estimate of drug-likeness (QED) is 0.777. The molecule has 3 amide bonds. The first-order chi connectivity index (χ1) is 13.3. The van der Waals surface area contributed by atoms with E-state index in [0.717, 1.165) is 5.56 Å². The SMILES string of the molecule is CC(Cc1c(F)cccc1F)NC(=O)c1ccc(CN2C(=O)CCC2=O)cc1. The van der Waals surface area contributed by atoms with Gasteiger partial charge >= 0.3 is 0 Å². The molecule has 0 saturated carbocycles. The van der Waals surface area contributed by atoms with Gasteiger partial charge in [0, 0.05) is 30.0 Å². The number of halogens is 2. The Bertz CT molecular complexity index is 876. The highest BCUT2D eigenvalue weighted by Gasteiger charge is 2.28. The van der Waals surface area contributed by atoms with Crippen molar-refractivity contribution in [2.45, 2.75) is 38.8 Å². The Morgan fingerprint density at radius 1 is 1.04 bits per heavy atom. The number of carbonyl (C=O) groups is 3. The summed E-state index contributed by atoms with van der Waals surface area (Å²) < 4.78 is 27.5. The highest BCUT2D eigenvalue weighted by Crippen LogP contribution is 2.17. The van der Waals surface area contributed by atoms with Crippen LogP contribution in [0.2, 0.25) is 0 Å². The molecule has 2 aromatic carbocycles. The maximum Gasteiger partial charge on any atom is 0.251 e. The van der Waals surface area contributed by atoms with Crippen molar-refractivity contribution in [3.8, 4) is 0 Å². The lowest BCUT2D eigenvalue weighted by Crippen LogP contribution is -2.34. The van der Waals surface area contributed by atoms with Crippen molar-refractivity contribution in [3.63, 3.8) is 0 Å². The standard InChI is InChI=1S/C21H20F2N2O3/c1-13(11-16-17(22)3-2-4-18(16)23)24-21(28)15-7-5-14(6-8-15)12-25-19(26)9-10-20(25)27/h2-8,13H,9-12H2,1H3,(H,24,28). The van der Waals surface area contributed by atoms with Crippen molar-refractivity contribution in [1.29, 1.82) is 0 Å². The van der Waals surface area contributed by atoms with Crippen LogP contribution >= 0.6 is 0 Å². The van der Waals surface area contributed by atoms with Crippen LogP contribution in [0, 0.1) is 11.6 Å². The summed E-state index contributed by atoms with van der Waals surface area (Å²) in [5.74, 6) is -2.04. The molecule has 146 valence electrons. The zero-order chi connectivity index (χ0) is 20.3. The number of hydrogen-bond acceptors (Lipinski definition) is 3. The average molecular weight is 386 g/mol. The van der Waals surface area contributed by atoms with Crippen LogP contribution in [0.25, 0.3) is 0 Å². The maximum atomic E-state index is 13.7. The van der Waals surface area contributed by atoms with E-state index in [-0.39, 0.29) is 49.1 Å². The summed E-state index contributed by atoms with van der Waals surface area (Å²) in [4.78, 5) is 36.9. The molecule has 1 atom stereocenters. The molecule has 28 heavy (non-hydrogen) atoms. The molecule has 0 bridgehead atoms. The fourth-order valence-corrected chi connectivity index (χ4v) is 3.14. The third-order valence-electron chi connectivity index (χ3n) is 4.66. The van der Waals surface area contributed by atoms with Gasteiger partial charge in [0.2, 0.25) is 11.8 Å². The van der Waals surface area contributed by atoms with Gasteiger partial charge in [-0.1, -0.05) is 18.2 Å². The number of benzene rings is 2. The lowest BCUT2D eigenvalue weighted by atomic mass is 10.0. The van der Waals surface area contributed by atoms with Crippen LogP contribution in [0.15, 0.2) is 42.5 Å². The van der Waals surface area contributed by atoms with Gasteiger partial charge in [0.1, 0.15) is 11.6 Å². The van der Waals surface area contributed by atoms with E-state index in [0.29, 0.717) is 5.56 Å². The molecule has 5 nitrogen and oxygen atoms in total. The lowest BCUT2D eigenvalue weighted by molar-refractivity contribution is -0.139. The largest absolute Gasteiger partial charge is 0.349 e. The monoisotopic (exact) mass is 386 g/mol. The van der Waals surface area contributed by atoms with E-state index in [1.54, 1.807) is 31.2 Å². The van der Waals surface area contributed by atoms with E-state index >= 15 is 0 Å². The second kappa shape index (κ2) is 8.29. The van der Waals surface area contributed by atoms with Crippen molar-refractivity contribution < 1.29 is 23.2 Å². The first-order valence-electron chi connectivity index (χ1n) is 9.01. The molecule has 1 fully saturated rings. The van der Waals surface area contributed by atoms with Crippen molar-refractivity contribution in [3.05, 3.63) is 70.8 Å². The van der Waals surface area contributed by atoms with Gasteiger partial charge in [0.25, 0.3) is 5.91 Å². The number of nitrogens with zero attached hydrogens (tertiary/aromatic N) is 1. The molecular weight excluding hydrogens is 366 g/mol. The van der Waals surface area contributed by atoms with E-state index in [1.165, 1.54) is 23.1 Å². The zero-order valence-corrected chi connectivity index (χ0v) is 15.4. The summed E-state index contributed by atoms with van der Waals surface area (Å²) in [7, 11) is 0. The minimum absolute atomic E-state index is 0.0293. The van der Waals surface area contributed by atoms with Crippen LogP contribution < -0.4 is 5.32 Å². The molecule has 1 heterocycles. The van der Waals surface area contributed by atoms with Gasteiger partial charge in [0.15, 0.2) is 0 Å². The number of carbonyl (C=O) groups excluding carboxylic acids is 3. The molecule has 3 rings (SSSR count). The van der Waals surface area contributed by atoms with Crippen LogP contribution in [-0.4, -0.2) is 28.7 Å². The van der Waals surface area contributed by atoms with E-state index < -0.39 is 17.7 Å². The molecule has 0 aromatic heterocycles. The van der Waals surface area contributed by atoms with Crippen molar-refractivity contribution >= 4 is 17.7 Å². The van der Waals surface area contributed by atoms with Crippen molar-refractivity contribution in [1.82, 2.24) is 10.2 Å². The van der Waals surface area contributed by atoms with Gasteiger partial charge in [0.05, 0.1) is 6.54 Å². The second-order valence-electron chi connectivity index (χ2n) is 6.85. The predicted octanol–water partition coefficient (Wildman–Crippen LogP) is 2.97. The highest BCUT2D eigenvalue weighted by molar-refractivity contribution is 6.01. The van der Waals surface area contributed by atoms with Crippen LogP contribution in [0.1, 0.15) is 41.3 Å². The molecule has 1 unspecified atom stereocenters. The minimum Gasteiger partial charge on any atom is -0.349 e. The first kappa shape index (κ1) is 19.7. The van der Waals surface area contributed by atoms with E-state index in [2.05, 4.69) is 5.32 Å². The summed E-state index contributed by atoms with van der Waals surface area (Å²) in [5.41, 5.74) is 1.05. The molecule has 1 aliphatic rings. The number of rotatable bonds is 6. The summed E-state index contributed by atoms with van der Waals surface area (Å²) in [6.45, 7) is 1.85. The molecule has 7 heteroatoms. The molecule has 1 aliphatic heterocycles. The Morgan fingerprint density at radius 2 is 1.61 bits per heavy atom. The minimum atomic E-state index is -0.642. The average Bonchev–Trinajstić information content (AvgIpc) is 2.97. The molecular formula is C21H20F2N2O3. The van der Waals surface area contributed by atoms with Crippen LogP contribution in [0.4, 0.5) is 8.78 Å². The van der Waals surface area contributed by atoms with Gasteiger partial charge in [-0.25, -0.2) is 8.78 Å². The molecule has 1 N–H and O–H groups in total. The number of hydrogen-bond donors (Lipinski definition) is 1. The summed E-state index contributed by atoms with van der Waals surface area (Å²) in [6.07, 6.45) is 0.501. The van der Waals surface area contributed by atoms with Crippen LogP contribution in [0.5, 0.6) is 0 Å². The fraction of sp³-hybridized carbons (Fsp3) is 0.286. The van der Waals surface area contributed by atoms with E-state index in [4.69, 9.17) is 0 Å². The van der Waals surface area contributed by atoms with Gasteiger partial charge < -0.3 is 5.32 Å². The Balaban J connectivity index is 1.60. The van der Waals surface area contributed by atoms with Gasteiger partial charge in [-0.05, 0) is 43.2 Å². The normalized spacial score (nSPS) is 15.0. The Morgan fingerprint density at radius 3 is 2.18 bits per heavy atom. The third-order valence-corrected chi connectivity index (χ3v) is 4.66. The molecule has 0 aliphatic carbocycles. The van der Waals surface area contributed by atoms with Crippen LogP contribution in [-0.2, 0) is 22.6 Å². The maximum absolute atomic E-state index is 13.7. The summed E-state index contributed by atoms with van der Waals surface area (Å²) in [5, 5.41) is 2.71. The number of imide groups is 1. The van der Waals surface area contributed by atoms with Crippen molar-refractivity contribution in [2.24, 2.45) is 0 Å². The lowest BCUT2D eigenvalue weighted by Gasteiger charge is -2.16. The second-order valence-corrected chi connectivity index (χ2v) is 6.85. The number of nitrogens with one attached hydrogen (secondary N) is 1. The van der Waals surface area contributed by atoms with Crippen LogP contribution in [0.3, 0.4) is 0 Å². The topological polar surface area (TPSA) is 66.5 Å². The zero-order valence-electron chi connectivity index (χ0n) is 15.4. The summed E-state index contributed by atoms with van der Waals surface area (Å²) >= 11 is 0. The van der Waals surface area contributed by atoms with E-state index in [9.17, 15) is 23.2 Å². The van der Waals surface area contributed by atoms with Gasteiger partial charge in [-0.2, -0.15) is 0 Å². The van der Waals surface area contributed by atoms with Gasteiger partial charge in [-0.3, -0.25) is 19.3 Å². The highest BCUT2D eigenvalue weighted by atomic mass is 19.1. The number of likely N-dealkylation sites (tertiary alicyclic amines) is 1. The Labute approximate surface area is 161 Å². The Kier molecular flexibility index (Phi) is 5.82. The first-order valence-corrected chi connectivity index (χ1v) is 9.01. The van der Waals surface area contributed by atoms with E-state index in [1.807, 2.05) is 0 Å².